The quantitative estimate of drug-likeness (QED) is 0.370. The van der Waals surface area contributed by atoms with Crippen LogP contribution in [0.5, 0.6) is 5.88 Å². The molecule has 10 nitrogen and oxygen atoms in total. The Kier molecular flexibility index (Phi) is 7.14. The summed E-state index contributed by atoms with van der Waals surface area (Å²) >= 11 is 1.56. The van der Waals surface area contributed by atoms with Crippen molar-refractivity contribution >= 4 is 28.3 Å². The third-order valence-corrected chi connectivity index (χ3v) is 8.26. The van der Waals surface area contributed by atoms with Gasteiger partial charge in [0.1, 0.15) is 17.4 Å². The zero-order valence-corrected chi connectivity index (χ0v) is 22.6. The van der Waals surface area contributed by atoms with Crippen LogP contribution < -0.4 is 10.1 Å². The van der Waals surface area contributed by atoms with E-state index in [9.17, 15) is 4.79 Å². The Hall–Kier alpha value is -3.28. The molecule has 2 saturated heterocycles. The Morgan fingerprint density at radius 1 is 1.24 bits per heavy atom. The van der Waals surface area contributed by atoms with Gasteiger partial charge in [-0.2, -0.15) is 10.1 Å². The van der Waals surface area contributed by atoms with E-state index >= 15 is 0 Å². The number of rotatable bonds is 8. The van der Waals surface area contributed by atoms with Crippen LogP contribution in [0.4, 0.5) is 0 Å². The van der Waals surface area contributed by atoms with Gasteiger partial charge in [-0.3, -0.25) is 9.48 Å². The molecule has 0 saturated carbocycles. The zero-order chi connectivity index (χ0) is 26.1. The number of nitrogens with one attached hydrogen (secondary N) is 1. The summed E-state index contributed by atoms with van der Waals surface area (Å²) in [5.41, 5.74) is 3.23. The second-order valence-electron chi connectivity index (χ2n) is 10.3. The van der Waals surface area contributed by atoms with E-state index in [0.29, 0.717) is 42.8 Å². The maximum Gasteiger partial charge on any atom is 0.252 e. The van der Waals surface area contributed by atoms with Crippen LogP contribution in [0.1, 0.15) is 40.3 Å². The van der Waals surface area contributed by atoms with E-state index in [1.807, 2.05) is 41.5 Å². The van der Waals surface area contributed by atoms with Crippen LogP contribution in [0.3, 0.4) is 0 Å². The number of carbonyl (C=O) groups excluding carboxylic acids is 1. The molecule has 6 rings (SSSR count). The van der Waals surface area contributed by atoms with E-state index in [-0.39, 0.29) is 12.0 Å². The van der Waals surface area contributed by atoms with Gasteiger partial charge >= 0.3 is 0 Å². The number of carbonyl (C=O) groups is 1. The van der Waals surface area contributed by atoms with E-state index in [1.54, 1.807) is 22.2 Å². The molecule has 6 heterocycles. The lowest BCUT2D eigenvalue weighted by Crippen LogP contribution is -2.36. The summed E-state index contributed by atoms with van der Waals surface area (Å²) in [6.45, 7) is 4.16. The van der Waals surface area contributed by atoms with Crippen molar-refractivity contribution in [1.29, 1.82) is 0 Å². The van der Waals surface area contributed by atoms with E-state index in [0.717, 1.165) is 60.5 Å². The molecule has 0 bridgehead atoms. The molecule has 0 radical (unpaired) electrons. The fourth-order valence-corrected chi connectivity index (χ4v) is 5.95. The van der Waals surface area contributed by atoms with Crippen molar-refractivity contribution in [3.8, 4) is 11.6 Å². The van der Waals surface area contributed by atoms with Crippen molar-refractivity contribution in [2.75, 3.05) is 39.9 Å². The second kappa shape index (κ2) is 10.8. The number of ether oxygens (including phenoxy) is 2. The number of fused-ring (bicyclic) bond motifs is 1. The minimum absolute atomic E-state index is 0.0124. The number of amides is 1. The minimum Gasteiger partial charge on any atom is -0.470 e. The number of likely N-dealkylation sites (tertiary alicyclic amines) is 1. The summed E-state index contributed by atoms with van der Waals surface area (Å²) in [6, 6.07) is 3.93. The minimum atomic E-state index is -0.0419. The molecule has 1 amide bonds. The van der Waals surface area contributed by atoms with Crippen molar-refractivity contribution in [3.05, 3.63) is 52.4 Å². The molecular weight excluding hydrogens is 502 g/mol. The van der Waals surface area contributed by atoms with Gasteiger partial charge in [-0.1, -0.05) is 0 Å². The van der Waals surface area contributed by atoms with E-state index in [2.05, 4.69) is 22.4 Å². The maximum atomic E-state index is 12.8. The SMILES string of the molecule is CN1CCC(CNC(=O)c2csc(Cc3nc(O[C@H]4CCOC4)c4c(ccn4-c4cnn(C)c4)n3)c2)CC1. The van der Waals surface area contributed by atoms with Crippen molar-refractivity contribution < 1.29 is 14.3 Å². The number of piperidine rings is 1. The number of aromatic nitrogens is 5. The van der Waals surface area contributed by atoms with E-state index in [4.69, 9.17) is 19.4 Å². The topological polar surface area (TPSA) is 99.3 Å². The first-order valence-electron chi connectivity index (χ1n) is 13.2. The van der Waals surface area contributed by atoms with Crippen LogP contribution in [-0.4, -0.2) is 81.1 Å². The molecule has 2 fully saturated rings. The molecule has 0 aromatic carbocycles. The standard InChI is InChI=1S/C27H33N7O3S/c1-32-7-3-18(4-8-32)13-28-26(35)19-11-22(38-17-19)12-24-30-23-5-9-34(20-14-29-33(2)15-20)25(23)27(31-24)37-21-6-10-36-16-21/h5,9,11,14-15,17-18,21H,3-4,6-8,10,12-13,16H2,1-2H3,(H,28,35)/t21-/m0/s1. The largest absolute Gasteiger partial charge is 0.470 e. The Balaban J connectivity index is 1.20. The molecule has 1 atom stereocenters. The summed E-state index contributed by atoms with van der Waals surface area (Å²) in [5, 5.41) is 9.36. The Labute approximate surface area is 225 Å². The first kappa shape index (κ1) is 25.0. The summed E-state index contributed by atoms with van der Waals surface area (Å²) in [7, 11) is 4.04. The number of hydrogen-bond acceptors (Lipinski definition) is 8. The normalized spacial score (nSPS) is 18.8. The fraction of sp³-hybridized carbons (Fsp3) is 0.481. The van der Waals surface area contributed by atoms with E-state index < -0.39 is 0 Å². The molecule has 4 aromatic rings. The average Bonchev–Trinajstić information content (AvgIpc) is 3.71. The van der Waals surface area contributed by atoms with Gasteiger partial charge in [0.2, 0.25) is 5.88 Å². The molecular formula is C27H33N7O3S. The third kappa shape index (κ3) is 5.45. The van der Waals surface area contributed by atoms with Gasteiger partial charge in [0.25, 0.3) is 5.91 Å². The lowest BCUT2D eigenvalue weighted by Gasteiger charge is -2.28. The lowest BCUT2D eigenvalue weighted by atomic mass is 9.97. The molecule has 0 aliphatic carbocycles. The smallest absolute Gasteiger partial charge is 0.252 e. The second-order valence-corrected chi connectivity index (χ2v) is 11.3. The molecule has 0 unspecified atom stereocenters. The highest BCUT2D eigenvalue weighted by Gasteiger charge is 2.23. The summed E-state index contributed by atoms with van der Waals surface area (Å²) in [6.07, 6.45) is 9.29. The van der Waals surface area contributed by atoms with Crippen LogP contribution in [0, 0.1) is 5.92 Å². The van der Waals surface area contributed by atoms with E-state index in [1.165, 1.54) is 0 Å². The Morgan fingerprint density at radius 3 is 2.87 bits per heavy atom. The predicted octanol–water partition coefficient (Wildman–Crippen LogP) is 3.05. The van der Waals surface area contributed by atoms with Crippen LogP contribution in [0.2, 0.25) is 0 Å². The molecule has 38 heavy (non-hydrogen) atoms. The van der Waals surface area contributed by atoms with Gasteiger partial charge in [-0.05, 0) is 51.0 Å². The average molecular weight is 536 g/mol. The van der Waals surface area contributed by atoms with Crippen molar-refractivity contribution in [1.82, 2.24) is 34.5 Å². The van der Waals surface area contributed by atoms with Crippen LogP contribution in [0.15, 0.2) is 36.1 Å². The van der Waals surface area contributed by atoms with Gasteiger partial charge in [-0.25, -0.2) is 4.98 Å². The van der Waals surface area contributed by atoms with Crippen molar-refractivity contribution in [2.24, 2.45) is 13.0 Å². The molecule has 2 aliphatic rings. The molecule has 4 aromatic heterocycles. The van der Waals surface area contributed by atoms with Gasteiger partial charge in [0.05, 0.1) is 36.2 Å². The van der Waals surface area contributed by atoms with Gasteiger partial charge in [0, 0.05) is 49.1 Å². The first-order chi connectivity index (χ1) is 18.5. The number of nitrogens with zero attached hydrogens (tertiary/aromatic N) is 6. The maximum absolute atomic E-state index is 12.8. The highest BCUT2D eigenvalue weighted by atomic mass is 32.1. The highest BCUT2D eigenvalue weighted by Crippen LogP contribution is 2.30. The molecule has 2 aliphatic heterocycles. The van der Waals surface area contributed by atoms with Crippen molar-refractivity contribution in [3.63, 3.8) is 0 Å². The number of hydrogen-bond donors (Lipinski definition) is 1. The van der Waals surface area contributed by atoms with Gasteiger partial charge in [-0.15, -0.1) is 11.3 Å². The molecule has 0 spiro atoms. The number of thiophene rings is 1. The first-order valence-corrected chi connectivity index (χ1v) is 14.1. The predicted molar refractivity (Wildman–Crippen MR) is 145 cm³/mol. The highest BCUT2D eigenvalue weighted by molar-refractivity contribution is 7.10. The van der Waals surface area contributed by atoms with Crippen LogP contribution in [-0.2, 0) is 18.2 Å². The van der Waals surface area contributed by atoms with Crippen LogP contribution in [0.25, 0.3) is 16.7 Å². The zero-order valence-electron chi connectivity index (χ0n) is 21.8. The van der Waals surface area contributed by atoms with Gasteiger partial charge < -0.3 is 24.3 Å². The Morgan fingerprint density at radius 2 is 2.11 bits per heavy atom. The lowest BCUT2D eigenvalue weighted by molar-refractivity contribution is 0.0939. The van der Waals surface area contributed by atoms with Gasteiger partial charge in [0.15, 0.2) is 0 Å². The molecule has 200 valence electrons. The summed E-state index contributed by atoms with van der Waals surface area (Å²) in [4.78, 5) is 25.9. The fourth-order valence-electron chi connectivity index (χ4n) is 5.09. The Bertz CT molecular complexity index is 1410. The number of aryl methyl sites for hydroxylation is 1. The third-order valence-electron chi connectivity index (χ3n) is 7.32. The summed E-state index contributed by atoms with van der Waals surface area (Å²) in [5.74, 6) is 1.75. The molecule has 11 heteroatoms. The van der Waals surface area contributed by atoms with Crippen LogP contribution >= 0.6 is 11.3 Å². The monoisotopic (exact) mass is 535 g/mol. The summed E-state index contributed by atoms with van der Waals surface area (Å²) < 4.78 is 15.6. The molecule has 1 N–H and O–H groups in total. The van der Waals surface area contributed by atoms with Crippen molar-refractivity contribution in [2.45, 2.75) is 31.8 Å².